The van der Waals surface area contributed by atoms with Crippen LogP contribution in [0, 0.1) is 0 Å². The van der Waals surface area contributed by atoms with Crippen LogP contribution in [0.5, 0.6) is 0 Å². The number of anilines is 1. The van der Waals surface area contributed by atoms with E-state index in [2.05, 4.69) is 15.0 Å². The molecule has 0 fully saturated rings. The zero-order valence-corrected chi connectivity index (χ0v) is 21.5. The Balaban J connectivity index is 1.68. The second kappa shape index (κ2) is 12.3. The van der Waals surface area contributed by atoms with E-state index in [4.69, 9.17) is 23.2 Å². The van der Waals surface area contributed by atoms with Gasteiger partial charge in [-0.05, 0) is 29.7 Å². The van der Waals surface area contributed by atoms with Gasteiger partial charge in [0.15, 0.2) is 0 Å². The van der Waals surface area contributed by atoms with Gasteiger partial charge in [-0.1, -0.05) is 72.6 Å². The van der Waals surface area contributed by atoms with Gasteiger partial charge in [0.2, 0.25) is 0 Å². The van der Waals surface area contributed by atoms with E-state index in [1.165, 1.54) is 16.7 Å². The first-order valence-electron chi connectivity index (χ1n) is 10.8. The summed E-state index contributed by atoms with van der Waals surface area (Å²) in [6.07, 6.45) is 2.50. The lowest BCUT2D eigenvalue weighted by atomic mass is 10.1. The third-order valence-corrected chi connectivity index (χ3v) is 7.44. The Hall–Kier alpha value is -3.02. The number of nitrogens with one attached hydrogen (secondary N) is 2. The summed E-state index contributed by atoms with van der Waals surface area (Å²) >= 11 is 12.0. The molecular formula is C24H24Cl2N4O5S. The van der Waals surface area contributed by atoms with Gasteiger partial charge in [-0.15, -0.1) is 0 Å². The molecule has 1 aromatic heterocycles. The molecule has 1 atom stereocenters. The Labute approximate surface area is 219 Å². The number of carbonyl (C=O) groups excluding carboxylic acids is 1. The van der Waals surface area contributed by atoms with Crippen molar-refractivity contribution in [3.05, 3.63) is 93.7 Å². The molecule has 2 aromatic carbocycles. The van der Waals surface area contributed by atoms with Crippen molar-refractivity contribution in [1.82, 2.24) is 14.0 Å². The van der Waals surface area contributed by atoms with Gasteiger partial charge in [0.1, 0.15) is 6.04 Å². The zero-order valence-electron chi connectivity index (χ0n) is 19.2. The van der Waals surface area contributed by atoms with Gasteiger partial charge in [0.25, 0.3) is 16.1 Å². The summed E-state index contributed by atoms with van der Waals surface area (Å²) < 4.78 is 29.3. The molecule has 3 rings (SSSR count). The van der Waals surface area contributed by atoms with Crippen molar-refractivity contribution < 1.29 is 23.1 Å². The van der Waals surface area contributed by atoms with Crippen LogP contribution in [0.2, 0.25) is 10.0 Å². The maximum absolute atomic E-state index is 12.9. The predicted octanol–water partition coefficient (Wildman–Crippen LogP) is 3.99. The summed E-state index contributed by atoms with van der Waals surface area (Å²) in [7, 11) is -4.08. The molecule has 1 amide bonds. The Kier molecular flexibility index (Phi) is 9.41. The van der Waals surface area contributed by atoms with Gasteiger partial charge >= 0.3 is 5.97 Å². The molecule has 0 spiro atoms. The molecule has 0 bridgehead atoms. The second-order valence-corrected chi connectivity index (χ2v) is 10.3. The number of amides is 1. The first-order valence-corrected chi connectivity index (χ1v) is 13.0. The molecule has 190 valence electrons. The highest BCUT2D eigenvalue weighted by atomic mass is 35.5. The monoisotopic (exact) mass is 550 g/mol. The maximum Gasteiger partial charge on any atom is 0.322 e. The Morgan fingerprint density at radius 2 is 1.61 bits per heavy atom. The molecule has 0 saturated carbocycles. The number of rotatable bonds is 11. The van der Waals surface area contributed by atoms with Gasteiger partial charge in [-0.3, -0.25) is 14.6 Å². The fourth-order valence-electron chi connectivity index (χ4n) is 3.37. The lowest BCUT2D eigenvalue weighted by Crippen LogP contribution is -2.49. The average Bonchev–Trinajstić information content (AvgIpc) is 2.83. The van der Waals surface area contributed by atoms with E-state index in [1.54, 1.807) is 55.5 Å². The van der Waals surface area contributed by atoms with Crippen molar-refractivity contribution in [3.63, 3.8) is 0 Å². The van der Waals surface area contributed by atoms with Gasteiger partial charge in [0, 0.05) is 31.2 Å². The number of carbonyl (C=O) groups is 2. The van der Waals surface area contributed by atoms with Crippen LogP contribution in [-0.4, -0.2) is 47.3 Å². The summed E-state index contributed by atoms with van der Waals surface area (Å²) in [5, 5.41) is 12.5. The maximum atomic E-state index is 12.9. The van der Waals surface area contributed by atoms with Crippen molar-refractivity contribution in [1.29, 1.82) is 0 Å². The molecule has 3 N–H and O–H groups in total. The number of pyridine rings is 1. The molecule has 0 aliphatic heterocycles. The highest BCUT2D eigenvalue weighted by Gasteiger charge is 2.28. The third-order valence-electron chi connectivity index (χ3n) is 5.22. The normalized spacial score (nSPS) is 12.3. The summed E-state index contributed by atoms with van der Waals surface area (Å²) in [6.45, 7) is 1.95. The summed E-state index contributed by atoms with van der Waals surface area (Å²) in [4.78, 5) is 28.2. The number of carboxylic acids is 1. The second-order valence-electron chi connectivity index (χ2n) is 7.76. The molecule has 9 nitrogen and oxygen atoms in total. The molecule has 0 radical (unpaired) electrons. The van der Waals surface area contributed by atoms with Crippen LogP contribution in [0.3, 0.4) is 0 Å². The molecule has 3 aromatic rings. The van der Waals surface area contributed by atoms with Crippen LogP contribution < -0.4 is 10.0 Å². The zero-order chi connectivity index (χ0) is 26.3. The van der Waals surface area contributed by atoms with Crippen LogP contribution in [0.15, 0.2) is 67.0 Å². The highest BCUT2D eigenvalue weighted by Crippen LogP contribution is 2.24. The van der Waals surface area contributed by atoms with E-state index in [0.717, 1.165) is 5.56 Å². The minimum atomic E-state index is -4.08. The Morgan fingerprint density at radius 3 is 2.17 bits per heavy atom. The Bertz CT molecular complexity index is 1300. The molecule has 1 heterocycles. The molecule has 12 heteroatoms. The van der Waals surface area contributed by atoms with E-state index in [-0.39, 0.29) is 35.1 Å². The van der Waals surface area contributed by atoms with Crippen LogP contribution in [0.1, 0.15) is 28.4 Å². The van der Waals surface area contributed by atoms with Gasteiger partial charge < -0.3 is 10.4 Å². The Morgan fingerprint density at radius 1 is 1.00 bits per heavy atom. The molecule has 36 heavy (non-hydrogen) atoms. The lowest BCUT2D eigenvalue weighted by molar-refractivity contribution is -0.138. The fourth-order valence-corrected chi connectivity index (χ4v) is 5.26. The molecule has 0 aliphatic carbocycles. The number of hydrogen-bond acceptors (Lipinski definition) is 5. The van der Waals surface area contributed by atoms with Crippen molar-refractivity contribution in [2.24, 2.45) is 0 Å². The molecule has 0 saturated heterocycles. The topological polar surface area (TPSA) is 129 Å². The lowest BCUT2D eigenvalue weighted by Gasteiger charge is -2.23. The number of nitrogens with zero attached hydrogens (tertiary/aromatic N) is 2. The van der Waals surface area contributed by atoms with E-state index in [0.29, 0.717) is 11.3 Å². The van der Waals surface area contributed by atoms with Crippen LogP contribution >= 0.6 is 23.2 Å². The summed E-state index contributed by atoms with van der Waals surface area (Å²) in [5.74, 6) is -1.84. The van der Waals surface area contributed by atoms with Gasteiger partial charge in [-0.25, -0.2) is 0 Å². The standard InChI is InChI=1S/C24H24Cl2N4O5S/c1-2-30(15-17-6-4-3-5-7-17)36(34,35)29-21(24(32)33)12-16-8-10-18(11-9-16)28-23(31)22-19(25)13-27-14-20(22)26/h3-11,13-14,21,29H,2,12,15H2,1H3,(H,28,31)(H,32,33). The van der Waals surface area contributed by atoms with E-state index < -0.39 is 28.1 Å². The van der Waals surface area contributed by atoms with E-state index >= 15 is 0 Å². The summed E-state index contributed by atoms with van der Waals surface area (Å²) in [5.41, 5.74) is 1.83. The number of benzene rings is 2. The predicted molar refractivity (Wildman–Crippen MR) is 138 cm³/mol. The van der Waals surface area contributed by atoms with Crippen molar-refractivity contribution in [2.75, 3.05) is 11.9 Å². The van der Waals surface area contributed by atoms with Crippen molar-refractivity contribution >= 4 is 51.0 Å². The number of halogens is 2. The highest BCUT2D eigenvalue weighted by molar-refractivity contribution is 7.87. The number of carboxylic acid groups (broad SMARTS) is 1. The van der Waals surface area contributed by atoms with Crippen molar-refractivity contribution in [3.8, 4) is 0 Å². The van der Waals surface area contributed by atoms with Crippen LogP contribution in [0.25, 0.3) is 0 Å². The molecule has 0 aliphatic rings. The number of hydrogen-bond donors (Lipinski definition) is 3. The minimum absolute atomic E-state index is 0.0775. The fraction of sp³-hybridized carbons (Fsp3) is 0.208. The SMILES string of the molecule is CCN(Cc1ccccc1)S(=O)(=O)NC(Cc1ccc(NC(=O)c2c(Cl)cncc2Cl)cc1)C(=O)O. The third kappa shape index (κ3) is 7.25. The number of aromatic nitrogens is 1. The smallest absolute Gasteiger partial charge is 0.322 e. The molecule has 1 unspecified atom stereocenters. The van der Waals surface area contributed by atoms with Crippen LogP contribution in [-0.2, 0) is 28.0 Å². The first-order chi connectivity index (χ1) is 17.1. The van der Waals surface area contributed by atoms with Gasteiger partial charge in [0.05, 0.1) is 15.6 Å². The van der Waals surface area contributed by atoms with Crippen molar-refractivity contribution in [2.45, 2.75) is 25.9 Å². The minimum Gasteiger partial charge on any atom is -0.480 e. The first kappa shape index (κ1) is 27.6. The average molecular weight is 551 g/mol. The molecular weight excluding hydrogens is 527 g/mol. The van der Waals surface area contributed by atoms with Crippen LogP contribution in [0.4, 0.5) is 5.69 Å². The van der Waals surface area contributed by atoms with Gasteiger partial charge in [-0.2, -0.15) is 17.4 Å². The van der Waals surface area contributed by atoms with E-state index in [9.17, 15) is 23.1 Å². The quantitative estimate of drug-likeness (QED) is 0.331. The largest absolute Gasteiger partial charge is 0.480 e. The van der Waals surface area contributed by atoms with E-state index in [1.807, 2.05) is 6.07 Å². The number of aliphatic carboxylic acids is 1. The summed E-state index contributed by atoms with van der Waals surface area (Å²) in [6, 6.07) is 13.9.